The molecule has 2 aromatic heterocycles. The van der Waals surface area contributed by atoms with Crippen molar-refractivity contribution in [1.29, 1.82) is 0 Å². The number of aromatic amines is 1. The van der Waals surface area contributed by atoms with Crippen LogP contribution in [0.1, 0.15) is 6.23 Å². The molecule has 0 amide bonds. The van der Waals surface area contributed by atoms with Crippen molar-refractivity contribution in [3.8, 4) is 0 Å². The minimum atomic E-state index is -3.93. The number of nitrogens with one attached hydrogen (secondary N) is 1. The summed E-state index contributed by atoms with van der Waals surface area (Å²) in [6.07, 6.45) is -3.81. The van der Waals surface area contributed by atoms with E-state index in [9.17, 15) is 15.0 Å². The van der Waals surface area contributed by atoms with Crippen molar-refractivity contribution >= 4 is 35.6 Å². The standard InChI is InChI=1S/C10H14N5O7PS/c11-10-13-7-4(8(18)14-10)12-2-15(7)9-6(17)5(16)3(22-9)1-21-23(19,20)24/h2-3,5-6,9,16-17H,1H2,(H2,19,20,24)(H3,11,13,14,18)/t3-,5?,6+,9-/m1/s1. The van der Waals surface area contributed by atoms with Crippen LogP contribution in [0.5, 0.6) is 0 Å². The first-order valence-electron chi connectivity index (χ1n) is 6.61. The molecule has 12 nitrogen and oxygen atoms in total. The number of hydrogen-bond donors (Lipinski definition) is 6. The summed E-state index contributed by atoms with van der Waals surface area (Å²) >= 11 is 4.31. The Morgan fingerprint density at radius 1 is 1.46 bits per heavy atom. The fourth-order valence-corrected chi connectivity index (χ4v) is 2.92. The third-order valence-corrected chi connectivity index (χ3v) is 4.27. The molecule has 0 aliphatic carbocycles. The number of aromatic nitrogens is 4. The number of nitrogens with zero attached hydrogens (tertiary/aromatic N) is 3. The van der Waals surface area contributed by atoms with E-state index >= 15 is 0 Å². The van der Waals surface area contributed by atoms with Gasteiger partial charge in [0.1, 0.15) is 18.3 Å². The lowest BCUT2D eigenvalue weighted by molar-refractivity contribution is -0.0486. The summed E-state index contributed by atoms with van der Waals surface area (Å²) in [6, 6.07) is 0. The second kappa shape index (κ2) is 6.13. The molecular formula is C10H14N5O7PS. The largest absolute Gasteiger partial charge is 0.387 e. The Hall–Kier alpha value is -1.44. The fourth-order valence-electron chi connectivity index (χ4n) is 2.40. The lowest BCUT2D eigenvalue weighted by Crippen LogP contribution is -2.33. The SMILES string of the molecule is Nc1nc2c(ncn2[C@@H]2O[C@H](COP(O)(O)=S)C(O)[C@@H]2O)c(=O)[nH]1. The smallest absolute Gasteiger partial charge is 0.321 e. The maximum atomic E-state index is 11.8. The second-order valence-electron chi connectivity index (χ2n) is 5.11. The van der Waals surface area contributed by atoms with Crippen LogP contribution >= 0.6 is 6.72 Å². The number of aliphatic hydroxyl groups is 2. The van der Waals surface area contributed by atoms with Crippen molar-refractivity contribution in [3.63, 3.8) is 0 Å². The van der Waals surface area contributed by atoms with Crippen LogP contribution < -0.4 is 11.3 Å². The molecule has 0 saturated carbocycles. The van der Waals surface area contributed by atoms with Gasteiger partial charge in [-0.1, -0.05) is 0 Å². The molecule has 4 atom stereocenters. The number of hydrogen-bond acceptors (Lipinski definition) is 9. The van der Waals surface area contributed by atoms with E-state index in [1.807, 2.05) is 0 Å². The molecule has 3 rings (SSSR count). The summed E-state index contributed by atoms with van der Waals surface area (Å²) < 4.78 is 11.4. The van der Waals surface area contributed by atoms with Crippen LogP contribution in [0.3, 0.4) is 0 Å². The second-order valence-corrected chi connectivity index (χ2v) is 7.77. The van der Waals surface area contributed by atoms with Crippen LogP contribution in [0.25, 0.3) is 11.2 Å². The number of rotatable bonds is 4. The first-order valence-corrected chi connectivity index (χ1v) is 9.24. The summed E-state index contributed by atoms with van der Waals surface area (Å²) in [5.41, 5.74) is 4.97. The molecule has 0 radical (unpaired) electrons. The van der Waals surface area contributed by atoms with E-state index in [0.29, 0.717) is 0 Å². The minimum Gasteiger partial charge on any atom is -0.387 e. The highest BCUT2D eigenvalue weighted by atomic mass is 32.5. The quantitative estimate of drug-likeness (QED) is 0.309. The first-order chi connectivity index (χ1) is 11.2. The van der Waals surface area contributed by atoms with Gasteiger partial charge >= 0.3 is 6.72 Å². The number of imidazole rings is 1. The molecule has 1 aliphatic heterocycles. The van der Waals surface area contributed by atoms with Gasteiger partial charge in [-0.2, -0.15) is 4.98 Å². The van der Waals surface area contributed by atoms with Crippen LogP contribution in [0.15, 0.2) is 11.1 Å². The Balaban J connectivity index is 1.90. The molecule has 1 fully saturated rings. The molecule has 7 N–H and O–H groups in total. The van der Waals surface area contributed by atoms with Crippen molar-refractivity contribution in [3.05, 3.63) is 16.7 Å². The number of H-pyrrole nitrogens is 1. The lowest BCUT2D eigenvalue weighted by Gasteiger charge is -2.17. The van der Waals surface area contributed by atoms with Crippen molar-refractivity contribution in [1.82, 2.24) is 19.5 Å². The molecule has 0 aromatic carbocycles. The normalized spacial score (nSPS) is 27.8. The third kappa shape index (κ3) is 3.20. The highest BCUT2D eigenvalue weighted by molar-refractivity contribution is 8.06. The van der Waals surface area contributed by atoms with Gasteiger partial charge in [0.05, 0.1) is 12.9 Å². The summed E-state index contributed by atoms with van der Waals surface area (Å²) in [7, 11) is 0. The Bertz CT molecular complexity index is 865. The summed E-state index contributed by atoms with van der Waals surface area (Å²) in [4.78, 5) is 40.0. The molecule has 24 heavy (non-hydrogen) atoms. The maximum absolute atomic E-state index is 11.8. The minimum absolute atomic E-state index is 0.0181. The van der Waals surface area contributed by atoms with E-state index in [2.05, 4.69) is 31.3 Å². The number of nitrogen functional groups attached to an aromatic ring is 1. The number of nitrogens with two attached hydrogens (primary N) is 1. The van der Waals surface area contributed by atoms with Crippen molar-refractivity contribution in [2.24, 2.45) is 0 Å². The zero-order chi connectivity index (χ0) is 17.6. The molecule has 1 unspecified atom stereocenters. The number of anilines is 1. The van der Waals surface area contributed by atoms with Crippen molar-refractivity contribution in [2.45, 2.75) is 24.5 Å². The molecule has 2 aromatic rings. The third-order valence-electron chi connectivity index (χ3n) is 3.47. The molecule has 0 spiro atoms. The van der Waals surface area contributed by atoms with Crippen LogP contribution in [-0.4, -0.2) is 64.4 Å². The van der Waals surface area contributed by atoms with Gasteiger partial charge < -0.3 is 35.0 Å². The van der Waals surface area contributed by atoms with E-state index in [4.69, 9.17) is 20.3 Å². The predicted molar refractivity (Wildman–Crippen MR) is 83.2 cm³/mol. The Labute approximate surface area is 138 Å². The summed E-state index contributed by atoms with van der Waals surface area (Å²) in [5, 5.41) is 20.2. The maximum Gasteiger partial charge on any atom is 0.321 e. The van der Waals surface area contributed by atoms with Crippen LogP contribution in [0.4, 0.5) is 5.95 Å². The lowest BCUT2D eigenvalue weighted by atomic mass is 10.1. The number of fused-ring (bicyclic) bond motifs is 1. The molecule has 1 saturated heterocycles. The zero-order valence-electron chi connectivity index (χ0n) is 11.9. The molecule has 132 valence electrons. The highest BCUT2D eigenvalue weighted by Gasteiger charge is 2.45. The van der Waals surface area contributed by atoms with Crippen LogP contribution in [0, 0.1) is 0 Å². The monoisotopic (exact) mass is 379 g/mol. The highest BCUT2D eigenvalue weighted by Crippen LogP contribution is 2.39. The summed E-state index contributed by atoms with van der Waals surface area (Å²) in [5.74, 6) is -0.150. The zero-order valence-corrected chi connectivity index (χ0v) is 13.6. The Kier molecular flexibility index (Phi) is 4.44. The molecular weight excluding hydrogens is 365 g/mol. The van der Waals surface area contributed by atoms with Gasteiger partial charge in [0.2, 0.25) is 5.95 Å². The van der Waals surface area contributed by atoms with E-state index in [-0.39, 0.29) is 17.1 Å². The molecule has 3 heterocycles. The van der Waals surface area contributed by atoms with Crippen molar-refractivity contribution < 1.29 is 29.3 Å². The molecule has 0 bridgehead atoms. The van der Waals surface area contributed by atoms with E-state index in [0.717, 1.165) is 0 Å². The van der Waals surface area contributed by atoms with Crippen LogP contribution in [0.2, 0.25) is 0 Å². The van der Waals surface area contributed by atoms with Gasteiger partial charge in [0.25, 0.3) is 5.56 Å². The Morgan fingerprint density at radius 3 is 2.83 bits per heavy atom. The van der Waals surface area contributed by atoms with Gasteiger partial charge in [-0.3, -0.25) is 14.3 Å². The van der Waals surface area contributed by atoms with Gasteiger partial charge in [0.15, 0.2) is 17.4 Å². The van der Waals surface area contributed by atoms with Gasteiger partial charge in [-0.25, -0.2) is 4.98 Å². The van der Waals surface area contributed by atoms with Crippen molar-refractivity contribution in [2.75, 3.05) is 12.3 Å². The van der Waals surface area contributed by atoms with Gasteiger partial charge in [0, 0.05) is 0 Å². The average Bonchev–Trinajstić information content (AvgIpc) is 3.00. The van der Waals surface area contributed by atoms with Gasteiger partial charge in [-0.05, 0) is 11.8 Å². The van der Waals surface area contributed by atoms with Gasteiger partial charge in [-0.15, -0.1) is 0 Å². The number of aliphatic hydroxyl groups excluding tert-OH is 2. The topological polar surface area (TPSA) is 189 Å². The predicted octanol–water partition coefficient (Wildman–Crippen LogP) is -2.45. The summed E-state index contributed by atoms with van der Waals surface area (Å²) in [6.45, 7) is -4.37. The van der Waals surface area contributed by atoms with E-state index < -0.39 is 43.4 Å². The fraction of sp³-hybridized carbons (Fsp3) is 0.500. The Morgan fingerprint density at radius 2 is 2.17 bits per heavy atom. The first kappa shape index (κ1) is 17.4. The number of ether oxygens (including phenoxy) is 1. The molecule has 14 heteroatoms. The molecule has 1 aliphatic rings. The average molecular weight is 379 g/mol. The van der Waals surface area contributed by atoms with E-state index in [1.165, 1.54) is 10.9 Å². The van der Waals surface area contributed by atoms with Crippen LogP contribution in [-0.2, 0) is 21.1 Å². The van der Waals surface area contributed by atoms with E-state index in [1.54, 1.807) is 0 Å².